The molecule has 0 spiro atoms. The lowest BCUT2D eigenvalue weighted by Crippen LogP contribution is -2.30. The largest absolute Gasteiger partial charge is 0.457 e. The summed E-state index contributed by atoms with van der Waals surface area (Å²) in [6, 6.07) is 29.1. The Bertz CT molecular complexity index is 2000. The normalized spacial score (nSPS) is 18.2. The van der Waals surface area contributed by atoms with Crippen molar-refractivity contribution in [1.82, 2.24) is 0 Å². The van der Waals surface area contributed by atoms with Crippen molar-refractivity contribution < 1.29 is 4.74 Å². The summed E-state index contributed by atoms with van der Waals surface area (Å²) in [5, 5.41) is 0. The van der Waals surface area contributed by atoms with Crippen molar-refractivity contribution in [2.75, 3.05) is 4.90 Å². The van der Waals surface area contributed by atoms with E-state index in [4.69, 9.17) is 4.74 Å². The van der Waals surface area contributed by atoms with Gasteiger partial charge in [0.05, 0.1) is 0 Å². The van der Waals surface area contributed by atoms with Crippen LogP contribution in [-0.4, -0.2) is 0 Å². The highest BCUT2D eigenvalue weighted by Crippen LogP contribution is 2.50. The number of hydrogen-bond acceptors (Lipinski definition) is 2. The van der Waals surface area contributed by atoms with Crippen LogP contribution in [0.5, 0.6) is 5.75 Å². The van der Waals surface area contributed by atoms with E-state index in [9.17, 15) is 0 Å². The SMILES string of the molecule is C=C=C(c1cc(C(C)(C)C)ccc1C)c1cc2c(cc1C1CCC1)CC(=C/N1c3ccccc3C(C)(C)c3ccccc31)/C(=C\C=C)O2. The van der Waals surface area contributed by atoms with Gasteiger partial charge in [0.1, 0.15) is 11.5 Å². The van der Waals surface area contributed by atoms with E-state index in [0.29, 0.717) is 5.92 Å². The van der Waals surface area contributed by atoms with Gasteiger partial charge in [-0.1, -0.05) is 115 Å². The van der Waals surface area contributed by atoms with Crippen LogP contribution in [0.25, 0.3) is 5.57 Å². The number of allylic oxidation sites excluding steroid dienone is 3. The Balaban J connectivity index is 1.36. The van der Waals surface area contributed by atoms with Crippen LogP contribution in [0.15, 0.2) is 127 Å². The summed E-state index contributed by atoms with van der Waals surface area (Å²) in [5.41, 5.74) is 18.1. The average molecular weight is 630 g/mol. The second-order valence-corrected chi connectivity index (χ2v) is 15.2. The quantitative estimate of drug-likeness (QED) is 0.204. The van der Waals surface area contributed by atoms with Crippen molar-refractivity contribution in [3.05, 3.63) is 172 Å². The van der Waals surface area contributed by atoms with Gasteiger partial charge < -0.3 is 9.64 Å². The molecule has 1 fully saturated rings. The third-order valence-electron chi connectivity index (χ3n) is 10.7. The third kappa shape index (κ3) is 5.39. The summed E-state index contributed by atoms with van der Waals surface area (Å²) in [5.74, 6) is 2.26. The number of hydrogen-bond donors (Lipinski definition) is 0. The summed E-state index contributed by atoms with van der Waals surface area (Å²) >= 11 is 0. The molecular weight excluding hydrogens is 583 g/mol. The molecule has 0 radical (unpaired) electrons. The van der Waals surface area contributed by atoms with E-state index < -0.39 is 0 Å². The zero-order valence-corrected chi connectivity index (χ0v) is 29.4. The molecule has 7 rings (SSSR count). The van der Waals surface area contributed by atoms with E-state index in [1.807, 2.05) is 12.2 Å². The predicted octanol–water partition coefficient (Wildman–Crippen LogP) is 12.1. The van der Waals surface area contributed by atoms with Gasteiger partial charge in [-0.15, -0.1) is 5.73 Å². The molecule has 4 aromatic carbocycles. The van der Waals surface area contributed by atoms with E-state index in [0.717, 1.165) is 29.1 Å². The molecule has 2 heterocycles. The fourth-order valence-electron chi connectivity index (χ4n) is 7.67. The van der Waals surface area contributed by atoms with Crippen LogP contribution in [0.4, 0.5) is 11.4 Å². The summed E-state index contributed by atoms with van der Waals surface area (Å²) in [4.78, 5) is 2.36. The van der Waals surface area contributed by atoms with Crippen molar-refractivity contribution in [2.24, 2.45) is 0 Å². The molecule has 4 aromatic rings. The second-order valence-electron chi connectivity index (χ2n) is 15.2. The fourth-order valence-corrected chi connectivity index (χ4v) is 7.67. The maximum absolute atomic E-state index is 6.84. The minimum absolute atomic E-state index is 0.0444. The lowest BCUT2D eigenvalue weighted by atomic mass is 9.73. The minimum Gasteiger partial charge on any atom is -0.457 e. The Kier molecular flexibility index (Phi) is 7.97. The van der Waals surface area contributed by atoms with E-state index in [-0.39, 0.29) is 10.8 Å². The first-order chi connectivity index (χ1) is 23.0. The number of ether oxygens (including phenoxy) is 1. The van der Waals surface area contributed by atoms with Crippen LogP contribution < -0.4 is 9.64 Å². The molecule has 3 aliphatic rings. The van der Waals surface area contributed by atoms with Gasteiger partial charge in [-0.2, -0.15) is 0 Å². The molecule has 1 aliphatic carbocycles. The van der Waals surface area contributed by atoms with Gasteiger partial charge >= 0.3 is 0 Å². The molecule has 2 aliphatic heterocycles. The molecule has 1 saturated carbocycles. The first kappa shape index (κ1) is 31.8. The summed E-state index contributed by atoms with van der Waals surface area (Å²) in [6.07, 6.45) is 10.6. The van der Waals surface area contributed by atoms with E-state index >= 15 is 0 Å². The Morgan fingerprint density at radius 2 is 1.58 bits per heavy atom. The number of benzene rings is 4. The van der Waals surface area contributed by atoms with Crippen molar-refractivity contribution in [2.45, 2.75) is 84.0 Å². The molecule has 2 heteroatoms. The highest BCUT2D eigenvalue weighted by Gasteiger charge is 2.36. The average Bonchev–Trinajstić information content (AvgIpc) is 3.03. The summed E-state index contributed by atoms with van der Waals surface area (Å²) < 4.78 is 6.84. The van der Waals surface area contributed by atoms with Gasteiger partial charge in [0, 0.05) is 40.6 Å². The predicted molar refractivity (Wildman–Crippen MR) is 202 cm³/mol. The lowest BCUT2D eigenvalue weighted by molar-refractivity contribution is 0.406. The zero-order chi connectivity index (χ0) is 33.8. The van der Waals surface area contributed by atoms with Crippen LogP contribution in [0.3, 0.4) is 0 Å². The van der Waals surface area contributed by atoms with Crippen LogP contribution in [0, 0.1) is 6.92 Å². The molecule has 0 atom stereocenters. The molecular formula is C46H47NO. The number of para-hydroxylation sites is 2. The van der Waals surface area contributed by atoms with Crippen LogP contribution in [-0.2, 0) is 17.3 Å². The lowest BCUT2D eigenvalue weighted by Gasteiger charge is -2.41. The van der Waals surface area contributed by atoms with E-state index in [1.165, 1.54) is 75.1 Å². The smallest absolute Gasteiger partial charge is 0.132 e. The van der Waals surface area contributed by atoms with Crippen molar-refractivity contribution in [3.63, 3.8) is 0 Å². The minimum atomic E-state index is -0.104. The summed E-state index contributed by atoms with van der Waals surface area (Å²) in [6.45, 7) is 21.9. The van der Waals surface area contributed by atoms with Crippen molar-refractivity contribution in [3.8, 4) is 5.75 Å². The number of anilines is 2. The molecule has 48 heavy (non-hydrogen) atoms. The standard InChI is InChI=1S/C46H47NO/c1-9-16-43-33(29-47-41-21-13-11-19-39(41)46(7,8)40-20-12-14-22-42(40)47)25-32-26-37(31-17-15-18-31)38(28-44(32)48-43)35(10-2)36-27-34(45(4,5)6)24-23-30(36)3/h9,11-14,16,19-24,26-29,31H,1-2,15,17-18,25H2,3-8H3/b33-29-,43-16+. The maximum Gasteiger partial charge on any atom is 0.132 e. The topological polar surface area (TPSA) is 12.5 Å². The zero-order valence-electron chi connectivity index (χ0n) is 29.4. The van der Waals surface area contributed by atoms with E-state index in [2.05, 4.69) is 150 Å². The Morgan fingerprint density at radius 3 is 2.17 bits per heavy atom. The molecule has 2 nitrogen and oxygen atoms in total. The molecule has 0 aromatic heterocycles. The number of nitrogens with zero attached hydrogens (tertiary/aromatic N) is 1. The first-order valence-corrected chi connectivity index (χ1v) is 17.4. The van der Waals surface area contributed by atoms with E-state index in [1.54, 1.807) is 0 Å². The fraction of sp³-hybridized carbons (Fsp3) is 0.283. The molecule has 0 N–H and O–H groups in total. The van der Waals surface area contributed by atoms with Gasteiger partial charge in [0.25, 0.3) is 0 Å². The highest BCUT2D eigenvalue weighted by atomic mass is 16.5. The molecule has 0 saturated heterocycles. The molecule has 0 amide bonds. The van der Waals surface area contributed by atoms with Gasteiger partial charge in [0.2, 0.25) is 0 Å². The molecule has 242 valence electrons. The third-order valence-corrected chi connectivity index (χ3v) is 10.7. The van der Waals surface area contributed by atoms with Crippen LogP contribution in [0.1, 0.15) is 104 Å². The van der Waals surface area contributed by atoms with Crippen molar-refractivity contribution in [1.29, 1.82) is 0 Å². The molecule has 0 unspecified atom stereocenters. The first-order valence-electron chi connectivity index (χ1n) is 17.4. The van der Waals surface area contributed by atoms with Gasteiger partial charge in [0.15, 0.2) is 0 Å². The highest BCUT2D eigenvalue weighted by molar-refractivity contribution is 5.84. The van der Waals surface area contributed by atoms with Crippen LogP contribution in [0.2, 0.25) is 0 Å². The number of aryl methyl sites for hydroxylation is 1. The Morgan fingerprint density at radius 1 is 0.917 bits per heavy atom. The Labute approximate surface area is 287 Å². The van der Waals surface area contributed by atoms with Crippen LogP contribution >= 0.6 is 0 Å². The number of rotatable bonds is 5. The van der Waals surface area contributed by atoms with Gasteiger partial charge in [-0.25, -0.2) is 0 Å². The summed E-state index contributed by atoms with van der Waals surface area (Å²) in [7, 11) is 0. The maximum atomic E-state index is 6.84. The second kappa shape index (κ2) is 12.0. The van der Waals surface area contributed by atoms with Crippen molar-refractivity contribution >= 4 is 16.9 Å². The monoisotopic (exact) mass is 629 g/mol. The van der Waals surface area contributed by atoms with Gasteiger partial charge in [-0.05, 0) is 106 Å². The van der Waals surface area contributed by atoms with Gasteiger partial charge in [-0.3, -0.25) is 0 Å². The number of fused-ring (bicyclic) bond motifs is 3. The Hall–Kier alpha value is -4.78. The molecule has 0 bridgehead atoms.